The van der Waals surface area contributed by atoms with E-state index in [1.807, 2.05) is 0 Å². The van der Waals surface area contributed by atoms with E-state index in [4.69, 9.17) is 5.11 Å². The molecular weight excluding hydrogens is 265 g/mol. The Morgan fingerprint density at radius 3 is 2.53 bits per heavy atom. The number of halogens is 3. The molecule has 2 N–H and O–H groups in total. The summed E-state index contributed by atoms with van der Waals surface area (Å²) < 4.78 is 38.1. The number of nitro benzene ring substituents is 1. The topological polar surface area (TPSA) is 75.4 Å². The van der Waals surface area contributed by atoms with Crippen molar-refractivity contribution in [1.82, 2.24) is 0 Å². The Morgan fingerprint density at radius 2 is 2.11 bits per heavy atom. The van der Waals surface area contributed by atoms with Gasteiger partial charge in [0.1, 0.15) is 5.56 Å². The molecule has 5 nitrogen and oxygen atoms in total. The van der Waals surface area contributed by atoms with E-state index in [0.29, 0.717) is 12.5 Å². The van der Waals surface area contributed by atoms with E-state index in [1.54, 1.807) is 6.92 Å². The number of nitrogens with one attached hydrogen (secondary N) is 1. The summed E-state index contributed by atoms with van der Waals surface area (Å²) in [4.78, 5) is 9.49. The lowest BCUT2D eigenvalue weighted by molar-refractivity contribution is -0.388. The van der Waals surface area contributed by atoms with Crippen molar-refractivity contribution in [3.63, 3.8) is 0 Å². The fourth-order valence-electron chi connectivity index (χ4n) is 1.52. The van der Waals surface area contributed by atoms with E-state index >= 15 is 0 Å². The summed E-state index contributed by atoms with van der Waals surface area (Å²) in [5.74, 6) is 0. The summed E-state index contributed by atoms with van der Waals surface area (Å²) >= 11 is 0. The van der Waals surface area contributed by atoms with Gasteiger partial charge in [-0.15, -0.1) is 0 Å². The fourth-order valence-corrected chi connectivity index (χ4v) is 1.52. The van der Waals surface area contributed by atoms with Crippen LogP contribution < -0.4 is 5.32 Å². The Morgan fingerprint density at radius 1 is 1.47 bits per heavy atom. The molecule has 1 atom stereocenters. The lowest BCUT2D eigenvalue weighted by Crippen LogP contribution is -2.23. The summed E-state index contributed by atoms with van der Waals surface area (Å²) in [7, 11) is 0. The monoisotopic (exact) mass is 278 g/mol. The van der Waals surface area contributed by atoms with Gasteiger partial charge < -0.3 is 10.4 Å². The van der Waals surface area contributed by atoms with Crippen LogP contribution in [-0.4, -0.2) is 22.7 Å². The number of alkyl halides is 3. The van der Waals surface area contributed by atoms with Crippen LogP contribution in [0.1, 0.15) is 18.9 Å². The quantitative estimate of drug-likeness (QED) is 0.641. The zero-order valence-electron chi connectivity index (χ0n) is 10.1. The number of benzene rings is 1. The molecule has 1 aromatic carbocycles. The zero-order chi connectivity index (χ0) is 14.6. The van der Waals surface area contributed by atoms with E-state index in [2.05, 4.69) is 5.32 Å². The normalized spacial score (nSPS) is 13.1. The second kappa shape index (κ2) is 5.87. The van der Waals surface area contributed by atoms with Crippen LogP contribution in [0.15, 0.2) is 18.2 Å². The molecule has 1 rings (SSSR count). The molecule has 0 saturated carbocycles. The molecule has 0 heterocycles. The van der Waals surface area contributed by atoms with Crippen LogP contribution in [0.3, 0.4) is 0 Å². The van der Waals surface area contributed by atoms with Gasteiger partial charge in [0.05, 0.1) is 11.5 Å². The minimum absolute atomic E-state index is 0.0822. The third kappa shape index (κ3) is 3.82. The van der Waals surface area contributed by atoms with Crippen LogP contribution in [0, 0.1) is 10.1 Å². The molecule has 0 aromatic heterocycles. The van der Waals surface area contributed by atoms with Crippen molar-refractivity contribution in [2.75, 3.05) is 11.9 Å². The van der Waals surface area contributed by atoms with Crippen LogP contribution in [0.25, 0.3) is 0 Å². The van der Waals surface area contributed by atoms with E-state index < -0.39 is 28.4 Å². The Hall–Kier alpha value is -1.83. The molecule has 0 saturated heterocycles. The fraction of sp³-hybridized carbons (Fsp3) is 0.455. The lowest BCUT2D eigenvalue weighted by Gasteiger charge is -2.16. The maximum absolute atomic E-state index is 12.7. The number of nitrogens with zero attached hydrogens (tertiary/aromatic N) is 1. The molecule has 0 aliphatic heterocycles. The average molecular weight is 278 g/mol. The van der Waals surface area contributed by atoms with Crippen LogP contribution in [0.2, 0.25) is 0 Å². The van der Waals surface area contributed by atoms with Gasteiger partial charge in [0, 0.05) is 17.8 Å². The molecule has 106 valence electrons. The summed E-state index contributed by atoms with van der Waals surface area (Å²) in [6.07, 6.45) is -4.30. The molecule has 0 radical (unpaired) electrons. The van der Waals surface area contributed by atoms with Crippen LogP contribution in [0.5, 0.6) is 0 Å². The summed E-state index contributed by atoms with van der Waals surface area (Å²) in [5.41, 5.74) is -2.22. The first-order chi connectivity index (χ1) is 8.79. The summed E-state index contributed by atoms with van der Waals surface area (Å²) in [6, 6.07) is 2.26. The third-order valence-corrected chi connectivity index (χ3v) is 2.58. The Kier molecular flexibility index (Phi) is 4.71. The molecule has 0 amide bonds. The highest BCUT2D eigenvalue weighted by atomic mass is 19.4. The van der Waals surface area contributed by atoms with Crippen molar-refractivity contribution in [3.8, 4) is 0 Å². The van der Waals surface area contributed by atoms with Gasteiger partial charge in [-0.25, -0.2) is 0 Å². The number of aliphatic hydroxyl groups excluding tert-OH is 1. The highest BCUT2D eigenvalue weighted by molar-refractivity contribution is 5.55. The third-order valence-electron chi connectivity index (χ3n) is 2.58. The summed E-state index contributed by atoms with van der Waals surface area (Å²) in [5, 5.41) is 22.2. The highest BCUT2D eigenvalue weighted by Gasteiger charge is 2.38. The van der Waals surface area contributed by atoms with Gasteiger partial charge in [-0.1, -0.05) is 6.92 Å². The first kappa shape index (κ1) is 15.2. The van der Waals surface area contributed by atoms with E-state index in [-0.39, 0.29) is 12.3 Å². The lowest BCUT2D eigenvalue weighted by atomic mass is 10.1. The molecule has 1 unspecified atom stereocenters. The number of hydrogen-bond acceptors (Lipinski definition) is 4. The van der Waals surface area contributed by atoms with Crippen molar-refractivity contribution < 1.29 is 23.2 Å². The molecule has 0 aliphatic carbocycles. The molecule has 0 bridgehead atoms. The number of anilines is 1. The number of hydrogen-bond donors (Lipinski definition) is 2. The molecule has 1 aromatic rings. The van der Waals surface area contributed by atoms with Gasteiger partial charge in [-0.2, -0.15) is 13.2 Å². The average Bonchev–Trinajstić information content (AvgIpc) is 2.34. The molecule has 0 aliphatic rings. The zero-order valence-corrected chi connectivity index (χ0v) is 10.1. The van der Waals surface area contributed by atoms with Crippen molar-refractivity contribution in [2.45, 2.75) is 25.6 Å². The van der Waals surface area contributed by atoms with E-state index in [1.165, 1.54) is 6.07 Å². The van der Waals surface area contributed by atoms with Crippen LogP contribution in [-0.2, 0) is 6.18 Å². The van der Waals surface area contributed by atoms with Gasteiger partial charge in [0.15, 0.2) is 0 Å². The Labute approximate surface area is 107 Å². The summed E-state index contributed by atoms with van der Waals surface area (Å²) in [6.45, 7) is 1.51. The Bertz CT molecular complexity index is 459. The van der Waals surface area contributed by atoms with Crippen molar-refractivity contribution in [1.29, 1.82) is 0 Å². The first-order valence-electron chi connectivity index (χ1n) is 5.52. The first-order valence-corrected chi connectivity index (χ1v) is 5.52. The standard InChI is InChI=1S/C11H13F3N2O3/c1-2-7(6-17)15-8-3-4-10(16(18)19)9(5-8)11(12,13)14/h3-5,7,15,17H,2,6H2,1H3. The Balaban J connectivity index is 3.15. The number of rotatable bonds is 5. The predicted octanol–water partition coefficient (Wildman–Crippen LogP) is 2.80. The van der Waals surface area contributed by atoms with Crippen molar-refractivity contribution >= 4 is 11.4 Å². The highest BCUT2D eigenvalue weighted by Crippen LogP contribution is 2.37. The van der Waals surface area contributed by atoms with E-state index in [9.17, 15) is 23.3 Å². The van der Waals surface area contributed by atoms with Gasteiger partial charge in [-0.3, -0.25) is 10.1 Å². The molecule has 0 fully saturated rings. The SMILES string of the molecule is CCC(CO)Nc1ccc([N+](=O)[O-])c(C(F)(F)F)c1. The van der Waals surface area contributed by atoms with Gasteiger partial charge >= 0.3 is 6.18 Å². The minimum Gasteiger partial charge on any atom is -0.394 e. The second-order valence-electron chi connectivity index (χ2n) is 3.92. The largest absolute Gasteiger partial charge is 0.423 e. The molecule has 8 heteroatoms. The molecule has 0 spiro atoms. The maximum Gasteiger partial charge on any atom is 0.423 e. The van der Waals surface area contributed by atoms with Crippen LogP contribution >= 0.6 is 0 Å². The predicted molar refractivity (Wildman–Crippen MR) is 62.9 cm³/mol. The number of nitro groups is 1. The molecule has 19 heavy (non-hydrogen) atoms. The second-order valence-corrected chi connectivity index (χ2v) is 3.92. The maximum atomic E-state index is 12.7. The van der Waals surface area contributed by atoms with E-state index in [0.717, 1.165) is 6.07 Å². The number of aliphatic hydroxyl groups is 1. The van der Waals surface area contributed by atoms with Crippen molar-refractivity contribution in [3.05, 3.63) is 33.9 Å². The minimum atomic E-state index is -4.80. The smallest absolute Gasteiger partial charge is 0.394 e. The van der Waals surface area contributed by atoms with Gasteiger partial charge in [0.25, 0.3) is 5.69 Å². The van der Waals surface area contributed by atoms with Crippen LogP contribution in [0.4, 0.5) is 24.5 Å². The van der Waals surface area contributed by atoms with Gasteiger partial charge in [0.2, 0.25) is 0 Å². The molecular formula is C11H13F3N2O3. The van der Waals surface area contributed by atoms with Crippen molar-refractivity contribution in [2.24, 2.45) is 0 Å². The van der Waals surface area contributed by atoms with Gasteiger partial charge in [-0.05, 0) is 18.6 Å².